The minimum Gasteiger partial charge on any atom is -0.396 e. The zero-order valence-electron chi connectivity index (χ0n) is 15.0. The van der Waals surface area contributed by atoms with Gasteiger partial charge in [0.05, 0.1) is 0 Å². The van der Waals surface area contributed by atoms with Gasteiger partial charge in [0, 0.05) is 6.61 Å². The van der Waals surface area contributed by atoms with Gasteiger partial charge in [-0.05, 0) is 30.4 Å². The maximum absolute atomic E-state index is 7.88. The summed E-state index contributed by atoms with van der Waals surface area (Å²) in [4.78, 5) is 0. The first-order chi connectivity index (χ1) is 10.8. The summed E-state index contributed by atoms with van der Waals surface area (Å²) >= 11 is 0. The van der Waals surface area contributed by atoms with Crippen molar-refractivity contribution >= 4 is 0 Å². The van der Waals surface area contributed by atoms with E-state index in [1.807, 2.05) is 32.9 Å². The number of aliphatic hydroxyl groups excluding tert-OH is 1. The minimum absolute atomic E-state index is 0.319. The first kappa shape index (κ1) is 22.7. The van der Waals surface area contributed by atoms with Crippen LogP contribution in [0.15, 0.2) is 60.7 Å². The molecule has 0 aliphatic heterocycles. The average molecular weight is 303 g/mol. The van der Waals surface area contributed by atoms with Crippen molar-refractivity contribution in [2.24, 2.45) is 0 Å². The van der Waals surface area contributed by atoms with Gasteiger partial charge in [-0.3, -0.25) is 0 Å². The molecule has 0 fully saturated rings. The van der Waals surface area contributed by atoms with Crippen molar-refractivity contribution in [2.75, 3.05) is 6.61 Å². The van der Waals surface area contributed by atoms with Crippen molar-refractivity contribution in [2.45, 2.75) is 53.9 Å². The Morgan fingerprint density at radius 2 is 0.909 bits per heavy atom. The van der Waals surface area contributed by atoms with Gasteiger partial charge in [-0.1, -0.05) is 95.3 Å². The maximum atomic E-state index is 7.88. The SMILES string of the molecule is CC.CCCO.CCc1ccccc1.CCc1ccccc1. The number of hydrogen-bond donors (Lipinski definition) is 1. The van der Waals surface area contributed by atoms with Crippen LogP contribution in [-0.4, -0.2) is 11.7 Å². The van der Waals surface area contributed by atoms with Crippen molar-refractivity contribution in [1.82, 2.24) is 0 Å². The summed E-state index contributed by atoms with van der Waals surface area (Å²) in [5.41, 5.74) is 2.82. The van der Waals surface area contributed by atoms with Gasteiger partial charge in [0.25, 0.3) is 0 Å². The van der Waals surface area contributed by atoms with E-state index in [0.29, 0.717) is 6.61 Å². The molecule has 2 aromatic carbocycles. The van der Waals surface area contributed by atoms with Crippen molar-refractivity contribution in [3.63, 3.8) is 0 Å². The maximum Gasteiger partial charge on any atom is 0.0428 e. The lowest BCUT2D eigenvalue weighted by Crippen LogP contribution is -1.73. The van der Waals surface area contributed by atoms with Crippen molar-refractivity contribution < 1.29 is 5.11 Å². The summed E-state index contributed by atoms with van der Waals surface area (Å²) in [6.07, 6.45) is 3.15. The third kappa shape index (κ3) is 14.8. The van der Waals surface area contributed by atoms with Crippen LogP contribution in [0, 0.1) is 0 Å². The Bertz CT molecular complexity index is 353. The summed E-state index contributed by atoms with van der Waals surface area (Å²) in [5, 5.41) is 7.88. The largest absolute Gasteiger partial charge is 0.396 e. The summed E-state index contributed by atoms with van der Waals surface area (Å²) < 4.78 is 0. The number of benzene rings is 2. The van der Waals surface area contributed by atoms with E-state index in [1.165, 1.54) is 11.1 Å². The summed E-state index contributed by atoms with van der Waals surface area (Å²) in [7, 11) is 0. The number of hydrogen-bond acceptors (Lipinski definition) is 1. The Balaban J connectivity index is 0. The van der Waals surface area contributed by atoms with Crippen LogP contribution in [0.3, 0.4) is 0 Å². The Hall–Kier alpha value is -1.60. The second-order valence-electron chi connectivity index (χ2n) is 4.40. The van der Waals surface area contributed by atoms with Gasteiger partial charge in [0.2, 0.25) is 0 Å². The van der Waals surface area contributed by atoms with Crippen molar-refractivity contribution in [3.8, 4) is 0 Å². The fraction of sp³-hybridized carbons (Fsp3) is 0.429. The quantitative estimate of drug-likeness (QED) is 0.747. The molecule has 0 heterocycles. The predicted molar refractivity (Wildman–Crippen MR) is 100 cm³/mol. The van der Waals surface area contributed by atoms with Gasteiger partial charge in [-0.2, -0.15) is 0 Å². The third-order valence-electron chi connectivity index (χ3n) is 2.73. The molecule has 0 atom stereocenters. The summed E-state index contributed by atoms with van der Waals surface area (Å²) in [6.45, 7) is 10.6. The van der Waals surface area contributed by atoms with Crippen LogP contribution in [0.1, 0.15) is 52.2 Å². The lowest BCUT2D eigenvalue weighted by molar-refractivity contribution is 0.295. The molecule has 2 rings (SSSR count). The van der Waals surface area contributed by atoms with Gasteiger partial charge in [-0.25, -0.2) is 0 Å². The molecule has 22 heavy (non-hydrogen) atoms. The number of rotatable bonds is 3. The molecule has 0 bridgehead atoms. The van der Waals surface area contributed by atoms with Crippen molar-refractivity contribution in [1.29, 1.82) is 0 Å². The second kappa shape index (κ2) is 19.4. The van der Waals surface area contributed by atoms with Gasteiger partial charge in [0.15, 0.2) is 0 Å². The van der Waals surface area contributed by atoms with Crippen molar-refractivity contribution in [3.05, 3.63) is 71.8 Å². The van der Waals surface area contributed by atoms with Crippen LogP contribution in [0.25, 0.3) is 0 Å². The smallest absolute Gasteiger partial charge is 0.0428 e. The Kier molecular flexibility index (Phi) is 20.0. The molecular formula is C21H34O. The number of aryl methyl sites for hydroxylation is 2. The monoisotopic (exact) mass is 302 g/mol. The standard InChI is InChI=1S/2C8H10.C3H8O.C2H6/c2*1-2-8-6-4-3-5-7-8;1-2-3-4;1-2/h2*3-7H,2H2,1H3;4H,2-3H2,1H3;1-2H3. The topological polar surface area (TPSA) is 20.2 Å². The molecule has 0 aliphatic rings. The summed E-state index contributed by atoms with van der Waals surface area (Å²) in [5.74, 6) is 0. The molecule has 0 aromatic heterocycles. The molecule has 0 unspecified atom stereocenters. The van der Waals surface area contributed by atoms with Gasteiger partial charge in [-0.15, -0.1) is 0 Å². The number of aliphatic hydroxyl groups is 1. The second-order valence-corrected chi connectivity index (χ2v) is 4.40. The van der Waals surface area contributed by atoms with E-state index in [-0.39, 0.29) is 0 Å². The minimum atomic E-state index is 0.319. The first-order valence-electron chi connectivity index (χ1n) is 8.47. The highest BCUT2D eigenvalue weighted by Crippen LogP contribution is 1.97. The molecule has 0 amide bonds. The summed E-state index contributed by atoms with van der Waals surface area (Å²) in [6, 6.07) is 20.9. The Morgan fingerprint density at radius 1 is 0.636 bits per heavy atom. The van der Waals surface area contributed by atoms with Crippen LogP contribution in [0.4, 0.5) is 0 Å². The molecule has 1 N–H and O–H groups in total. The van der Waals surface area contributed by atoms with Gasteiger partial charge in [0.1, 0.15) is 0 Å². The van der Waals surface area contributed by atoms with E-state index in [4.69, 9.17) is 5.11 Å². The first-order valence-corrected chi connectivity index (χ1v) is 8.47. The molecular weight excluding hydrogens is 268 g/mol. The molecule has 0 saturated heterocycles. The van der Waals surface area contributed by atoms with Crippen LogP contribution in [0.2, 0.25) is 0 Å². The lowest BCUT2D eigenvalue weighted by Gasteiger charge is -1.89. The highest BCUT2D eigenvalue weighted by Gasteiger charge is 1.80. The highest BCUT2D eigenvalue weighted by atomic mass is 16.2. The van der Waals surface area contributed by atoms with Crippen LogP contribution >= 0.6 is 0 Å². The predicted octanol–water partition coefficient (Wildman–Crippen LogP) is 5.91. The molecule has 0 aliphatic carbocycles. The highest BCUT2D eigenvalue weighted by molar-refractivity contribution is 5.14. The zero-order valence-corrected chi connectivity index (χ0v) is 15.0. The molecule has 0 spiro atoms. The lowest BCUT2D eigenvalue weighted by atomic mass is 10.2. The molecule has 0 saturated carbocycles. The van der Waals surface area contributed by atoms with Crippen LogP contribution < -0.4 is 0 Å². The van der Waals surface area contributed by atoms with E-state index >= 15 is 0 Å². The Labute approximate surface area is 138 Å². The normalized spacial score (nSPS) is 8.27. The molecule has 124 valence electrons. The van der Waals surface area contributed by atoms with E-state index in [0.717, 1.165) is 19.3 Å². The zero-order chi connectivity index (χ0) is 17.1. The average Bonchev–Trinajstić information content (AvgIpc) is 2.65. The van der Waals surface area contributed by atoms with Crippen LogP contribution in [0.5, 0.6) is 0 Å². The van der Waals surface area contributed by atoms with Gasteiger partial charge >= 0.3 is 0 Å². The molecule has 2 aromatic rings. The van der Waals surface area contributed by atoms with E-state index in [1.54, 1.807) is 0 Å². The fourth-order valence-corrected chi connectivity index (χ4v) is 1.43. The van der Waals surface area contributed by atoms with Crippen LogP contribution in [-0.2, 0) is 12.8 Å². The van der Waals surface area contributed by atoms with E-state index < -0.39 is 0 Å². The third-order valence-corrected chi connectivity index (χ3v) is 2.73. The fourth-order valence-electron chi connectivity index (χ4n) is 1.43. The molecule has 0 radical (unpaired) electrons. The molecule has 1 heteroatoms. The Morgan fingerprint density at radius 3 is 1.05 bits per heavy atom. The van der Waals surface area contributed by atoms with E-state index in [2.05, 4.69) is 62.4 Å². The van der Waals surface area contributed by atoms with E-state index in [9.17, 15) is 0 Å². The molecule has 1 nitrogen and oxygen atoms in total. The van der Waals surface area contributed by atoms with Gasteiger partial charge < -0.3 is 5.11 Å².